The van der Waals surface area contributed by atoms with Gasteiger partial charge in [0.2, 0.25) is 0 Å². The van der Waals surface area contributed by atoms with Gasteiger partial charge in [0.1, 0.15) is 0 Å². The zero-order chi connectivity index (χ0) is 31.3. The second-order valence-electron chi connectivity index (χ2n) is 8.80. The molecule has 0 aliphatic carbocycles. The summed E-state index contributed by atoms with van der Waals surface area (Å²) in [5.74, 6) is 0. The number of aromatic amines is 1. The van der Waals surface area contributed by atoms with Crippen LogP contribution in [0.3, 0.4) is 0 Å². The van der Waals surface area contributed by atoms with Gasteiger partial charge in [0.05, 0.1) is 21.7 Å². The molecule has 0 unspecified atom stereocenters. The number of fused-ring (bicyclic) bond motifs is 2. The quantitative estimate of drug-likeness (QED) is 0.177. The predicted molar refractivity (Wildman–Crippen MR) is 195 cm³/mol. The fourth-order valence-electron chi connectivity index (χ4n) is 3.94. The number of hydrogen-bond acceptors (Lipinski definition) is 3. The Kier molecular flexibility index (Phi) is 12.1. The van der Waals surface area contributed by atoms with Crippen molar-refractivity contribution in [1.82, 2.24) is 9.97 Å². The third-order valence-electron chi connectivity index (χ3n) is 5.81. The highest BCUT2D eigenvalue weighted by Gasteiger charge is 2.07. The van der Waals surface area contributed by atoms with Gasteiger partial charge in [-0.1, -0.05) is 90.9 Å². The van der Waals surface area contributed by atoms with Crippen LogP contribution in [0.15, 0.2) is 111 Å². The molecule has 0 fully saturated rings. The topological polar surface area (TPSA) is 62.8 Å². The van der Waals surface area contributed by atoms with E-state index in [-0.39, 0.29) is 6.86 Å². The van der Waals surface area contributed by atoms with Gasteiger partial charge in [-0.3, -0.25) is 9.36 Å². The molecule has 0 atom stereocenters. The van der Waals surface area contributed by atoms with Crippen molar-refractivity contribution in [2.24, 2.45) is 0 Å². The van der Waals surface area contributed by atoms with E-state index >= 15 is 0 Å². The van der Waals surface area contributed by atoms with E-state index in [9.17, 15) is 9.36 Å². The first-order valence-corrected chi connectivity index (χ1v) is 19.2. The van der Waals surface area contributed by atoms with Crippen LogP contribution in [0.2, 0.25) is 15.1 Å². The van der Waals surface area contributed by atoms with E-state index in [0.29, 0.717) is 20.5 Å². The lowest BCUT2D eigenvalue weighted by atomic mass is 10.1. The van der Waals surface area contributed by atoms with Crippen molar-refractivity contribution < 1.29 is 5.99 Å². The molecule has 4 aromatic carbocycles. The predicted octanol–water partition coefficient (Wildman–Crippen LogP) is 13.6. The number of H-pyrrole nitrogens is 1. The van der Waals surface area contributed by atoms with Crippen LogP contribution in [0.1, 0.15) is 1.43 Å². The molecule has 6 aromatic rings. The van der Waals surface area contributed by atoms with Crippen LogP contribution >= 0.6 is 106 Å². The van der Waals surface area contributed by atoms with Crippen molar-refractivity contribution in [3.05, 3.63) is 131 Å². The van der Waals surface area contributed by atoms with Gasteiger partial charge in [0.25, 0.3) is 0 Å². The van der Waals surface area contributed by atoms with Gasteiger partial charge in [-0.05, 0) is 106 Å². The van der Waals surface area contributed by atoms with Gasteiger partial charge in [0, 0.05) is 48.5 Å². The summed E-state index contributed by atoms with van der Waals surface area (Å²) in [4.78, 5) is 19.9. The lowest BCUT2D eigenvalue weighted by molar-refractivity contribution is 0.600. The smallest absolute Gasteiger partial charge is 0.339 e. The fourth-order valence-corrected chi connectivity index (χ4v) is 5.07. The minimum atomic E-state index is -3.22. The Morgan fingerprint density at radius 3 is 1.77 bits per heavy atom. The van der Waals surface area contributed by atoms with Crippen LogP contribution in [0, 0.1) is 0 Å². The van der Waals surface area contributed by atoms with E-state index in [2.05, 4.69) is 75.6 Å². The summed E-state index contributed by atoms with van der Waals surface area (Å²) in [7, 11) is 0. The van der Waals surface area contributed by atoms with Crippen LogP contribution in [0.5, 0.6) is 0 Å². The van der Waals surface area contributed by atoms with E-state index in [0.717, 1.165) is 47.9 Å². The van der Waals surface area contributed by atoms with Crippen LogP contribution in [0.4, 0.5) is 0 Å². The van der Waals surface area contributed by atoms with Crippen LogP contribution in [-0.2, 0) is 4.57 Å². The zero-order valence-corrected chi connectivity index (χ0v) is 30.1. The van der Waals surface area contributed by atoms with Crippen LogP contribution in [0.25, 0.3) is 44.3 Å². The highest BCUT2D eigenvalue weighted by molar-refractivity contribution is 9.10. The Balaban J connectivity index is 0.000000205. The third kappa shape index (κ3) is 10.2. The van der Waals surface area contributed by atoms with Crippen molar-refractivity contribution in [3.8, 4) is 22.5 Å². The molecule has 2 heterocycles. The van der Waals surface area contributed by atoms with Gasteiger partial charge < -0.3 is 4.98 Å². The summed E-state index contributed by atoms with van der Waals surface area (Å²) < 4.78 is 11.5. The average Bonchev–Trinajstić information content (AvgIpc) is 2.93. The summed E-state index contributed by atoms with van der Waals surface area (Å²) in [6.07, 6.45) is 0. The molecule has 0 aliphatic heterocycles. The Bertz CT molecular complexity index is 2020. The SMILES string of the molecule is Clc1ccc2c(Cl)cc(-c3ccc(Br)cc3)nc2c1.O=P(Cl)(Cl)Cl.O=c1cc(-c2ccc(Br)cc2)[nH]c2cc(Cl)ccc12.[2HH]. The van der Waals surface area contributed by atoms with E-state index in [1.54, 1.807) is 24.3 Å². The second-order valence-corrected chi connectivity index (χ2v) is 18.6. The molecule has 0 saturated heterocycles. The van der Waals surface area contributed by atoms with Gasteiger partial charge in [-0.25, -0.2) is 4.98 Å². The van der Waals surface area contributed by atoms with Crippen molar-refractivity contribution in [2.75, 3.05) is 0 Å². The summed E-state index contributed by atoms with van der Waals surface area (Å²) in [6, 6.07) is 30.0. The number of aromatic nitrogens is 2. The number of benzene rings is 4. The van der Waals surface area contributed by atoms with Crippen molar-refractivity contribution in [3.63, 3.8) is 0 Å². The minimum absolute atomic E-state index is 0. The maximum Gasteiger partial charge on any atom is 0.339 e. The van der Waals surface area contributed by atoms with Crippen molar-refractivity contribution >= 4 is 127 Å². The standard InChI is InChI=1S/C15H8BrCl2N.C15H9BrClNO.Cl3OP.H2/c16-10-3-1-9(2-4-10)14-8-13(18)12-6-5-11(17)7-15(12)19-14;16-10-3-1-9(2-4-10)13-8-15(19)12-6-5-11(17)7-14(12)18-13;1-5(2,3)4;/h1-8H;1-8H,(H,18,19);;1H/i;;;1+1. The highest BCUT2D eigenvalue weighted by atomic mass is 79.9. The molecule has 0 radical (unpaired) electrons. The molecule has 2 aromatic heterocycles. The number of nitrogens with zero attached hydrogens (tertiary/aromatic N) is 1. The largest absolute Gasteiger partial charge is 0.354 e. The van der Waals surface area contributed by atoms with Crippen molar-refractivity contribution in [2.45, 2.75) is 0 Å². The molecule has 0 bridgehead atoms. The van der Waals surface area contributed by atoms with Gasteiger partial charge >= 0.3 is 5.20 Å². The molecular weight excluding hydrogens is 824 g/mol. The molecule has 4 nitrogen and oxygen atoms in total. The number of rotatable bonds is 2. The summed E-state index contributed by atoms with van der Waals surface area (Å²) >= 11 is 38.9. The van der Waals surface area contributed by atoms with E-state index in [1.165, 1.54) is 0 Å². The number of halogens is 8. The van der Waals surface area contributed by atoms with Gasteiger partial charge in [-0.2, -0.15) is 0 Å². The van der Waals surface area contributed by atoms with E-state index in [1.807, 2.05) is 72.8 Å². The molecule has 0 saturated carbocycles. The summed E-state index contributed by atoms with van der Waals surface area (Å²) in [5.41, 5.74) is 5.15. The first-order valence-electron chi connectivity index (χ1n) is 12.1. The molecule has 222 valence electrons. The molecule has 13 heteroatoms. The Morgan fingerprint density at radius 1 is 0.674 bits per heavy atom. The molecule has 1 N–H and O–H groups in total. The first-order chi connectivity index (χ1) is 20.3. The number of nitrogens with one attached hydrogen (secondary N) is 1. The highest BCUT2D eigenvalue weighted by Crippen LogP contribution is 2.61. The Labute approximate surface area is 294 Å². The van der Waals surface area contributed by atoms with Gasteiger partial charge in [0.15, 0.2) is 5.43 Å². The van der Waals surface area contributed by atoms with E-state index < -0.39 is 5.20 Å². The maximum absolute atomic E-state index is 12.1. The van der Waals surface area contributed by atoms with Crippen molar-refractivity contribution in [1.29, 1.82) is 0 Å². The first kappa shape index (κ1) is 34.3. The lowest BCUT2D eigenvalue weighted by Crippen LogP contribution is -2.02. The van der Waals surface area contributed by atoms with Crippen LogP contribution < -0.4 is 5.43 Å². The normalized spacial score (nSPS) is 11.0. The maximum atomic E-state index is 12.1. The molecule has 0 amide bonds. The molecule has 0 spiro atoms. The number of pyridine rings is 2. The fraction of sp³-hybridized carbons (Fsp3) is 0. The molecule has 43 heavy (non-hydrogen) atoms. The second kappa shape index (κ2) is 15.1. The Hall–Kier alpha value is -1.57. The third-order valence-corrected chi connectivity index (χ3v) is 7.65. The zero-order valence-electron chi connectivity index (χ0n) is 21.5. The molecule has 6 rings (SSSR count). The van der Waals surface area contributed by atoms with Gasteiger partial charge in [-0.15, -0.1) is 0 Å². The summed E-state index contributed by atoms with van der Waals surface area (Å²) in [6.45, 7) is 0. The summed E-state index contributed by atoms with van der Waals surface area (Å²) in [5, 5.41) is 0.275. The van der Waals surface area contributed by atoms with Crippen LogP contribution in [-0.4, -0.2) is 9.97 Å². The number of hydrogen-bond donors (Lipinski definition) is 1. The lowest BCUT2D eigenvalue weighted by Gasteiger charge is -2.06. The Morgan fingerprint density at radius 2 is 1.19 bits per heavy atom. The molecule has 0 aliphatic rings. The van der Waals surface area contributed by atoms with E-state index in [4.69, 9.17) is 34.8 Å². The molecular formula is C30H19Br2Cl6N2O2P. The minimum Gasteiger partial charge on any atom is -0.354 e. The monoisotopic (exact) mass is 839 g/mol. The average molecular weight is 844 g/mol.